The maximum Gasteiger partial charge on any atom is 0.326 e. The van der Waals surface area contributed by atoms with Crippen LogP contribution in [0.15, 0.2) is 11.4 Å². The number of carboxylic acid groups (broad SMARTS) is 1. The average molecular weight is 350 g/mol. The van der Waals surface area contributed by atoms with Gasteiger partial charge in [0.15, 0.2) is 0 Å². The first-order chi connectivity index (χ1) is 11.5. The van der Waals surface area contributed by atoms with Crippen LogP contribution in [0.2, 0.25) is 0 Å². The van der Waals surface area contributed by atoms with Crippen molar-refractivity contribution in [1.29, 1.82) is 0 Å². The average Bonchev–Trinajstić information content (AvgIpc) is 3.25. The molecule has 3 rings (SSSR count). The van der Waals surface area contributed by atoms with E-state index in [1.165, 1.54) is 10.4 Å². The minimum atomic E-state index is -0.998. The second-order valence-corrected chi connectivity index (χ2v) is 7.57. The van der Waals surface area contributed by atoms with Gasteiger partial charge in [0.1, 0.15) is 6.04 Å². The van der Waals surface area contributed by atoms with Crippen molar-refractivity contribution in [3.63, 3.8) is 0 Å². The summed E-state index contributed by atoms with van der Waals surface area (Å²) in [6.45, 7) is 1.30. The molecule has 2 aliphatic rings. The van der Waals surface area contributed by atoms with Gasteiger partial charge in [-0.25, -0.2) is 4.79 Å². The third kappa shape index (κ3) is 4.35. The number of amides is 2. The maximum absolute atomic E-state index is 12.3. The van der Waals surface area contributed by atoms with E-state index in [-0.39, 0.29) is 24.7 Å². The number of aliphatic carboxylic acids is 1. The van der Waals surface area contributed by atoms with Gasteiger partial charge in [-0.1, -0.05) is 12.8 Å². The standard InChI is InChI=1S/C17H22N2O4S/c20-15(18-13(17(22)23)9-11-1-2-11)3-4-16(21)19-7-5-14-12(10-19)6-8-24-14/h6,8,11,13H,1-5,7,9-10H2,(H,18,20)(H,22,23). The number of nitrogens with zero attached hydrogens (tertiary/aromatic N) is 1. The van der Waals surface area contributed by atoms with Gasteiger partial charge >= 0.3 is 5.97 Å². The Hall–Kier alpha value is -1.89. The summed E-state index contributed by atoms with van der Waals surface area (Å²) in [5, 5.41) is 13.8. The predicted octanol–water partition coefficient (Wildman–Crippen LogP) is 1.78. The van der Waals surface area contributed by atoms with E-state index in [1.807, 2.05) is 11.4 Å². The fourth-order valence-corrected chi connectivity index (χ4v) is 3.90. The molecule has 2 heterocycles. The number of carbonyl (C=O) groups is 3. The molecule has 1 atom stereocenters. The van der Waals surface area contributed by atoms with Crippen molar-refractivity contribution in [3.8, 4) is 0 Å². The first-order valence-electron chi connectivity index (χ1n) is 8.38. The molecule has 130 valence electrons. The molecule has 0 radical (unpaired) electrons. The number of hydrogen-bond acceptors (Lipinski definition) is 4. The van der Waals surface area contributed by atoms with Crippen LogP contribution in [0, 0.1) is 5.92 Å². The number of nitrogens with one attached hydrogen (secondary N) is 1. The van der Waals surface area contributed by atoms with E-state index in [4.69, 9.17) is 5.11 Å². The summed E-state index contributed by atoms with van der Waals surface area (Å²) in [5.41, 5.74) is 1.19. The van der Waals surface area contributed by atoms with Gasteiger partial charge in [0.2, 0.25) is 11.8 Å². The lowest BCUT2D eigenvalue weighted by atomic mass is 10.1. The van der Waals surface area contributed by atoms with Gasteiger partial charge in [-0.3, -0.25) is 9.59 Å². The van der Waals surface area contributed by atoms with Gasteiger partial charge < -0.3 is 15.3 Å². The van der Waals surface area contributed by atoms with E-state index < -0.39 is 12.0 Å². The van der Waals surface area contributed by atoms with Crippen LogP contribution in [0.4, 0.5) is 0 Å². The molecule has 1 unspecified atom stereocenters. The highest BCUT2D eigenvalue weighted by Crippen LogP contribution is 2.33. The Kier molecular flexibility index (Phi) is 5.18. The van der Waals surface area contributed by atoms with Crippen molar-refractivity contribution < 1.29 is 19.5 Å². The first-order valence-corrected chi connectivity index (χ1v) is 9.26. The van der Waals surface area contributed by atoms with Crippen LogP contribution < -0.4 is 5.32 Å². The van der Waals surface area contributed by atoms with Crippen molar-refractivity contribution in [2.45, 2.75) is 51.1 Å². The minimum Gasteiger partial charge on any atom is -0.480 e. The lowest BCUT2D eigenvalue weighted by Crippen LogP contribution is -2.42. The van der Waals surface area contributed by atoms with Crippen LogP contribution in [0.25, 0.3) is 0 Å². The molecular formula is C17H22N2O4S. The zero-order valence-electron chi connectivity index (χ0n) is 13.5. The van der Waals surface area contributed by atoms with Gasteiger partial charge in [-0.2, -0.15) is 0 Å². The van der Waals surface area contributed by atoms with Crippen molar-refractivity contribution in [1.82, 2.24) is 10.2 Å². The van der Waals surface area contributed by atoms with Gasteiger partial charge in [-0.15, -0.1) is 11.3 Å². The number of hydrogen-bond donors (Lipinski definition) is 2. The minimum absolute atomic E-state index is 0.0419. The Bertz CT molecular complexity index is 638. The summed E-state index contributed by atoms with van der Waals surface area (Å²) >= 11 is 1.72. The van der Waals surface area contributed by atoms with E-state index in [9.17, 15) is 14.4 Å². The second kappa shape index (κ2) is 7.34. The molecule has 0 saturated heterocycles. The Morgan fingerprint density at radius 3 is 2.83 bits per heavy atom. The molecule has 24 heavy (non-hydrogen) atoms. The first kappa shape index (κ1) is 17.0. The Morgan fingerprint density at radius 1 is 1.33 bits per heavy atom. The van der Waals surface area contributed by atoms with E-state index in [1.54, 1.807) is 16.2 Å². The van der Waals surface area contributed by atoms with Gasteiger partial charge in [0, 0.05) is 30.8 Å². The fraction of sp³-hybridized carbons (Fsp3) is 0.588. The lowest BCUT2D eigenvalue weighted by molar-refractivity contribution is -0.142. The molecule has 1 aromatic rings. The number of thiophene rings is 1. The maximum atomic E-state index is 12.3. The van der Waals surface area contributed by atoms with E-state index in [0.29, 0.717) is 25.4 Å². The molecule has 2 N–H and O–H groups in total. The molecular weight excluding hydrogens is 328 g/mol. The SMILES string of the molecule is O=C(CCC(=O)N1CCc2sccc2C1)NC(CC1CC1)C(=O)O. The molecule has 1 fully saturated rings. The number of fused-ring (bicyclic) bond motifs is 1. The predicted molar refractivity (Wildman–Crippen MR) is 89.6 cm³/mol. The number of carboxylic acids is 1. The van der Waals surface area contributed by atoms with Gasteiger partial charge in [0.25, 0.3) is 0 Å². The summed E-state index contributed by atoms with van der Waals surface area (Å²) in [7, 11) is 0. The Labute approximate surface area is 144 Å². The smallest absolute Gasteiger partial charge is 0.326 e. The molecule has 7 heteroatoms. The Balaban J connectivity index is 1.43. The third-order valence-electron chi connectivity index (χ3n) is 4.63. The number of carbonyl (C=O) groups excluding carboxylic acids is 2. The fourth-order valence-electron chi connectivity index (χ4n) is 3.01. The lowest BCUT2D eigenvalue weighted by Gasteiger charge is -2.27. The molecule has 6 nitrogen and oxygen atoms in total. The highest BCUT2D eigenvalue weighted by atomic mass is 32.1. The zero-order valence-corrected chi connectivity index (χ0v) is 14.3. The summed E-state index contributed by atoms with van der Waals surface area (Å²) in [5.74, 6) is -0.982. The van der Waals surface area contributed by atoms with Crippen LogP contribution in [0.5, 0.6) is 0 Å². The Morgan fingerprint density at radius 2 is 2.12 bits per heavy atom. The molecule has 0 bridgehead atoms. The molecule has 2 amide bonds. The highest BCUT2D eigenvalue weighted by molar-refractivity contribution is 7.10. The van der Waals surface area contributed by atoms with Crippen LogP contribution in [0.3, 0.4) is 0 Å². The largest absolute Gasteiger partial charge is 0.480 e. The van der Waals surface area contributed by atoms with E-state index in [2.05, 4.69) is 5.32 Å². The molecule has 1 saturated carbocycles. The van der Waals surface area contributed by atoms with Crippen LogP contribution >= 0.6 is 11.3 Å². The van der Waals surface area contributed by atoms with E-state index in [0.717, 1.165) is 19.3 Å². The molecule has 0 spiro atoms. The third-order valence-corrected chi connectivity index (χ3v) is 5.65. The monoisotopic (exact) mass is 350 g/mol. The van der Waals surface area contributed by atoms with Gasteiger partial charge in [0.05, 0.1) is 0 Å². The van der Waals surface area contributed by atoms with Crippen LogP contribution in [-0.4, -0.2) is 40.4 Å². The zero-order chi connectivity index (χ0) is 17.1. The quantitative estimate of drug-likeness (QED) is 0.785. The summed E-state index contributed by atoms with van der Waals surface area (Å²) in [6, 6.07) is 1.21. The highest BCUT2D eigenvalue weighted by Gasteiger charge is 2.30. The second-order valence-electron chi connectivity index (χ2n) is 6.57. The van der Waals surface area contributed by atoms with Crippen LogP contribution in [-0.2, 0) is 27.3 Å². The molecule has 1 aromatic heterocycles. The number of rotatable bonds is 7. The van der Waals surface area contributed by atoms with E-state index >= 15 is 0 Å². The van der Waals surface area contributed by atoms with Crippen LogP contribution in [0.1, 0.15) is 42.5 Å². The van der Waals surface area contributed by atoms with Crippen molar-refractivity contribution in [2.24, 2.45) is 5.92 Å². The molecule has 1 aliphatic carbocycles. The summed E-state index contributed by atoms with van der Waals surface area (Å²) < 4.78 is 0. The topological polar surface area (TPSA) is 86.7 Å². The van der Waals surface area contributed by atoms with Crippen molar-refractivity contribution in [2.75, 3.05) is 6.54 Å². The summed E-state index contributed by atoms with van der Waals surface area (Å²) in [4.78, 5) is 38.5. The van der Waals surface area contributed by atoms with Crippen molar-refractivity contribution >= 4 is 29.1 Å². The van der Waals surface area contributed by atoms with Gasteiger partial charge in [-0.05, 0) is 35.8 Å². The summed E-state index contributed by atoms with van der Waals surface area (Å²) in [6.07, 6.45) is 3.60. The molecule has 0 aromatic carbocycles. The van der Waals surface area contributed by atoms with Crippen molar-refractivity contribution in [3.05, 3.63) is 21.9 Å². The normalized spacial score (nSPS) is 17.9. The molecule has 1 aliphatic heterocycles.